The fourth-order valence-electron chi connectivity index (χ4n) is 5.22. The van der Waals surface area contributed by atoms with E-state index in [1.807, 2.05) is 30.0 Å². The highest BCUT2D eigenvalue weighted by molar-refractivity contribution is 5.91. The van der Waals surface area contributed by atoms with Crippen LogP contribution in [0.5, 0.6) is 0 Å². The molecule has 2 aliphatic heterocycles. The second kappa shape index (κ2) is 7.40. The Hall–Kier alpha value is -3.36. The number of aromatic nitrogens is 5. The van der Waals surface area contributed by atoms with Gasteiger partial charge >= 0.3 is 6.03 Å². The van der Waals surface area contributed by atoms with Crippen molar-refractivity contribution < 1.29 is 9.18 Å². The monoisotopic (exact) mass is 421 g/mol. The SMILES string of the molecule is Cc1ccc(NC(=O)N2C3CC(C)CC2(Cn2nccn2)C3)cc1-c1ncc(F)cn1. The van der Waals surface area contributed by atoms with E-state index in [0.29, 0.717) is 24.0 Å². The molecule has 2 aromatic heterocycles. The van der Waals surface area contributed by atoms with Gasteiger partial charge in [-0.2, -0.15) is 15.0 Å². The van der Waals surface area contributed by atoms with Gasteiger partial charge in [0, 0.05) is 17.3 Å². The van der Waals surface area contributed by atoms with Crippen molar-refractivity contribution in [2.75, 3.05) is 5.32 Å². The zero-order valence-corrected chi connectivity index (χ0v) is 17.5. The molecule has 2 saturated heterocycles. The predicted molar refractivity (Wildman–Crippen MR) is 113 cm³/mol. The van der Waals surface area contributed by atoms with Gasteiger partial charge < -0.3 is 10.2 Å². The number of hydrogen-bond donors (Lipinski definition) is 1. The molecule has 2 bridgehead atoms. The van der Waals surface area contributed by atoms with Crippen molar-refractivity contribution in [1.82, 2.24) is 29.9 Å². The number of nitrogens with one attached hydrogen (secondary N) is 1. The van der Waals surface area contributed by atoms with E-state index in [1.165, 1.54) is 0 Å². The van der Waals surface area contributed by atoms with Crippen LogP contribution in [0.2, 0.25) is 0 Å². The van der Waals surface area contributed by atoms with Gasteiger partial charge in [0.15, 0.2) is 11.6 Å². The van der Waals surface area contributed by atoms with Crippen LogP contribution in [0.25, 0.3) is 11.4 Å². The summed E-state index contributed by atoms with van der Waals surface area (Å²) in [6, 6.07) is 5.70. The Morgan fingerprint density at radius 1 is 1.23 bits per heavy atom. The number of halogens is 1. The number of amides is 2. The molecule has 2 fully saturated rings. The van der Waals surface area contributed by atoms with Crippen molar-refractivity contribution in [3.05, 3.63) is 54.4 Å². The smallest absolute Gasteiger partial charge is 0.314 e. The molecule has 3 aromatic rings. The zero-order chi connectivity index (χ0) is 21.6. The normalized spacial score (nSPS) is 24.5. The summed E-state index contributed by atoms with van der Waals surface area (Å²) in [5, 5.41) is 11.5. The van der Waals surface area contributed by atoms with E-state index in [4.69, 9.17) is 0 Å². The van der Waals surface area contributed by atoms with Gasteiger partial charge in [0.05, 0.1) is 36.9 Å². The molecule has 8 nitrogen and oxygen atoms in total. The summed E-state index contributed by atoms with van der Waals surface area (Å²) in [5.41, 5.74) is 2.09. The van der Waals surface area contributed by atoms with E-state index in [9.17, 15) is 9.18 Å². The Kier molecular flexibility index (Phi) is 4.68. The summed E-state index contributed by atoms with van der Waals surface area (Å²) in [4.78, 5) is 25.1. The molecule has 1 aromatic carbocycles. The maximum atomic E-state index is 13.3. The number of fused-ring (bicyclic) bond motifs is 2. The molecule has 1 N–H and O–H groups in total. The lowest BCUT2D eigenvalue weighted by molar-refractivity contribution is -0.102. The Morgan fingerprint density at radius 2 is 1.97 bits per heavy atom. The first kappa shape index (κ1) is 19.6. The molecule has 0 spiro atoms. The number of hydrogen-bond acceptors (Lipinski definition) is 5. The average molecular weight is 421 g/mol. The van der Waals surface area contributed by atoms with Crippen LogP contribution in [0, 0.1) is 18.7 Å². The first-order valence-corrected chi connectivity index (χ1v) is 10.5. The summed E-state index contributed by atoms with van der Waals surface area (Å²) in [6.07, 6.45) is 8.51. The number of carbonyl (C=O) groups excluding carboxylic acids is 1. The topological polar surface area (TPSA) is 88.8 Å². The minimum Gasteiger partial charge on any atom is -0.314 e. The highest BCUT2D eigenvalue weighted by atomic mass is 19.1. The number of rotatable bonds is 4. The molecule has 2 amide bonds. The van der Waals surface area contributed by atoms with E-state index in [0.717, 1.165) is 42.8 Å². The standard InChI is InChI=1S/C22H24FN7O/c1-14-7-18-10-22(9-14,13-29-26-5-6-27-29)30(18)21(31)28-17-4-3-15(2)19(8-17)20-24-11-16(23)12-25-20/h3-6,8,11-12,14,18H,7,9-10,13H2,1-2H3,(H,28,31). The molecule has 9 heteroatoms. The van der Waals surface area contributed by atoms with Crippen LogP contribution in [0.1, 0.15) is 31.7 Å². The van der Waals surface area contributed by atoms with Crippen molar-refractivity contribution in [3.63, 3.8) is 0 Å². The van der Waals surface area contributed by atoms with Crippen molar-refractivity contribution in [1.29, 1.82) is 0 Å². The number of carbonyl (C=O) groups is 1. The van der Waals surface area contributed by atoms with Gasteiger partial charge in [-0.25, -0.2) is 19.2 Å². The highest BCUT2D eigenvalue weighted by Gasteiger charge is 2.58. The molecule has 2 aliphatic rings. The number of benzene rings is 1. The van der Waals surface area contributed by atoms with E-state index in [2.05, 4.69) is 32.4 Å². The van der Waals surface area contributed by atoms with Crippen LogP contribution < -0.4 is 5.32 Å². The summed E-state index contributed by atoms with van der Waals surface area (Å²) in [6.45, 7) is 4.76. The third-order valence-electron chi connectivity index (χ3n) is 6.37. The minimum absolute atomic E-state index is 0.120. The number of aryl methyl sites for hydroxylation is 1. The average Bonchev–Trinajstić information content (AvgIpc) is 3.22. The lowest BCUT2D eigenvalue weighted by atomic mass is 9.64. The van der Waals surface area contributed by atoms with E-state index < -0.39 is 5.82 Å². The second-order valence-corrected chi connectivity index (χ2v) is 8.74. The quantitative estimate of drug-likeness (QED) is 0.695. The van der Waals surface area contributed by atoms with Gasteiger partial charge in [0.1, 0.15) is 0 Å². The van der Waals surface area contributed by atoms with Gasteiger partial charge in [-0.3, -0.25) is 0 Å². The van der Waals surface area contributed by atoms with Gasteiger partial charge in [-0.15, -0.1) is 0 Å². The zero-order valence-electron chi connectivity index (χ0n) is 17.5. The summed E-state index contributed by atoms with van der Waals surface area (Å²) < 4.78 is 13.2. The van der Waals surface area contributed by atoms with Crippen molar-refractivity contribution in [2.45, 2.75) is 51.2 Å². The third-order valence-corrected chi connectivity index (χ3v) is 6.37. The summed E-state index contributed by atoms with van der Waals surface area (Å²) in [5.74, 6) is 0.493. The molecule has 160 valence electrons. The van der Waals surface area contributed by atoms with Crippen molar-refractivity contribution in [2.24, 2.45) is 5.92 Å². The molecule has 0 aliphatic carbocycles. The second-order valence-electron chi connectivity index (χ2n) is 8.74. The van der Waals surface area contributed by atoms with Gasteiger partial charge in [-0.05, 0) is 49.8 Å². The molecule has 5 rings (SSSR count). The fraction of sp³-hybridized carbons (Fsp3) is 0.409. The molecule has 31 heavy (non-hydrogen) atoms. The third kappa shape index (κ3) is 3.54. The molecular formula is C22H24FN7O. The Bertz CT molecular complexity index is 1100. The Morgan fingerprint density at radius 3 is 2.71 bits per heavy atom. The first-order chi connectivity index (χ1) is 14.9. The Labute approximate surface area is 179 Å². The molecule has 0 saturated carbocycles. The maximum absolute atomic E-state index is 13.3. The van der Waals surface area contributed by atoms with E-state index in [-0.39, 0.29) is 17.6 Å². The fourth-order valence-corrected chi connectivity index (χ4v) is 5.22. The summed E-state index contributed by atoms with van der Waals surface area (Å²) >= 11 is 0. The van der Waals surface area contributed by atoms with E-state index >= 15 is 0 Å². The van der Waals surface area contributed by atoms with Crippen LogP contribution in [-0.2, 0) is 6.54 Å². The van der Waals surface area contributed by atoms with Crippen molar-refractivity contribution in [3.8, 4) is 11.4 Å². The molecule has 0 radical (unpaired) electrons. The largest absolute Gasteiger partial charge is 0.322 e. The van der Waals surface area contributed by atoms with Crippen LogP contribution in [0.15, 0.2) is 43.0 Å². The molecular weight excluding hydrogens is 397 g/mol. The number of nitrogens with zero attached hydrogens (tertiary/aromatic N) is 6. The molecule has 3 unspecified atom stereocenters. The first-order valence-electron chi connectivity index (χ1n) is 10.5. The number of piperidine rings is 1. The Balaban J connectivity index is 1.38. The minimum atomic E-state index is -0.485. The van der Waals surface area contributed by atoms with Crippen LogP contribution in [-0.4, -0.2) is 47.5 Å². The van der Waals surface area contributed by atoms with Gasteiger partial charge in [0.25, 0.3) is 0 Å². The number of urea groups is 1. The maximum Gasteiger partial charge on any atom is 0.322 e. The lowest BCUT2D eigenvalue weighted by Crippen LogP contribution is -2.73. The van der Waals surface area contributed by atoms with Crippen LogP contribution >= 0.6 is 0 Å². The molecule has 4 heterocycles. The lowest BCUT2D eigenvalue weighted by Gasteiger charge is -2.63. The van der Waals surface area contributed by atoms with Crippen molar-refractivity contribution >= 4 is 11.7 Å². The summed E-state index contributed by atoms with van der Waals surface area (Å²) in [7, 11) is 0. The van der Waals surface area contributed by atoms with E-state index in [1.54, 1.807) is 17.2 Å². The van der Waals surface area contributed by atoms with Crippen LogP contribution in [0.4, 0.5) is 14.9 Å². The van der Waals surface area contributed by atoms with Crippen LogP contribution in [0.3, 0.4) is 0 Å². The highest BCUT2D eigenvalue weighted by Crippen LogP contribution is 2.50. The molecule has 3 atom stereocenters. The predicted octanol–water partition coefficient (Wildman–Crippen LogP) is 3.66. The van der Waals surface area contributed by atoms with Gasteiger partial charge in [0.2, 0.25) is 0 Å². The van der Waals surface area contributed by atoms with Gasteiger partial charge in [-0.1, -0.05) is 13.0 Å². The number of anilines is 1.